The molecule has 9 nitrogen and oxygen atoms in total. The second kappa shape index (κ2) is 7.67. The SMILES string of the molecule is CC(C)C(=O)Nc1ccc(C(=O)NNC(=O)[C@@H]2[C@H](C(=O)O)[C@H]3C=C[C@@]2(C)O3)cc1. The van der Waals surface area contributed by atoms with Crippen LogP contribution in [0.25, 0.3) is 0 Å². The molecular formula is C20H23N3O6. The zero-order valence-electron chi connectivity index (χ0n) is 16.3. The van der Waals surface area contributed by atoms with E-state index in [9.17, 15) is 24.3 Å². The van der Waals surface area contributed by atoms with Crippen LogP contribution < -0.4 is 16.2 Å². The van der Waals surface area contributed by atoms with Crippen molar-refractivity contribution in [2.45, 2.75) is 32.5 Å². The lowest BCUT2D eigenvalue weighted by atomic mass is 9.76. The van der Waals surface area contributed by atoms with Crippen LogP contribution in [-0.2, 0) is 19.1 Å². The highest BCUT2D eigenvalue weighted by Gasteiger charge is 2.59. The Labute approximate surface area is 167 Å². The minimum atomic E-state index is -1.13. The fourth-order valence-corrected chi connectivity index (χ4v) is 3.54. The molecule has 2 aliphatic heterocycles. The van der Waals surface area contributed by atoms with E-state index in [0.29, 0.717) is 5.69 Å². The zero-order chi connectivity index (χ0) is 21.3. The molecule has 9 heteroatoms. The summed E-state index contributed by atoms with van der Waals surface area (Å²) in [7, 11) is 0. The van der Waals surface area contributed by atoms with Gasteiger partial charge in [0.2, 0.25) is 11.8 Å². The van der Waals surface area contributed by atoms with Gasteiger partial charge in [0, 0.05) is 17.2 Å². The van der Waals surface area contributed by atoms with Gasteiger partial charge in [-0.3, -0.25) is 30.0 Å². The Bertz CT molecular complexity index is 879. The number of ether oxygens (including phenoxy) is 1. The molecule has 4 atom stereocenters. The van der Waals surface area contributed by atoms with E-state index in [2.05, 4.69) is 16.2 Å². The maximum Gasteiger partial charge on any atom is 0.310 e. The second-order valence-electron chi connectivity index (χ2n) is 7.63. The number of nitrogens with one attached hydrogen (secondary N) is 3. The van der Waals surface area contributed by atoms with Gasteiger partial charge in [-0.1, -0.05) is 26.0 Å². The van der Waals surface area contributed by atoms with Crippen LogP contribution in [-0.4, -0.2) is 40.5 Å². The first-order valence-electron chi connectivity index (χ1n) is 9.23. The predicted octanol–water partition coefficient (Wildman–Crippen LogP) is 1.09. The molecule has 2 aliphatic rings. The van der Waals surface area contributed by atoms with E-state index in [0.717, 1.165) is 0 Å². The van der Waals surface area contributed by atoms with Crippen LogP contribution in [0.1, 0.15) is 31.1 Å². The number of carbonyl (C=O) groups is 4. The van der Waals surface area contributed by atoms with Crippen molar-refractivity contribution in [1.82, 2.24) is 10.9 Å². The molecule has 1 aromatic rings. The Morgan fingerprint density at radius 2 is 1.76 bits per heavy atom. The third-order valence-corrected chi connectivity index (χ3v) is 5.14. The number of hydrogen-bond acceptors (Lipinski definition) is 5. The van der Waals surface area contributed by atoms with Gasteiger partial charge in [0.1, 0.15) is 5.92 Å². The maximum absolute atomic E-state index is 12.6. The lowest BCUT2D eigenvalue weighted by Crippen LogP contribution is -2.52. The first-order valence-corrected chi connectivity index (χ1v) is 9.23. The third kappa shape index (κ3) is 4.00. The molecule has 2 heterocycles. The summed E-state index contributed by atoms with van der Waals surface area (Å²) in [5, 5.41) is 12.1. The molecule has 29 heavy (non-hydrogen) atoms. The minimum absolute atomic E-state index is 0.141. The van der Waals surface area contributed by atoms with E-state index in [1.807, 2.05) is 0 Å². The monoisotopic (exact) mass is 401 g/mol. The molecule has 1 saturated heterocycles. The largest absolute Gasteiger partial charge is 0.481 e. The number of aliphatic carboxylic acids is 1. The van der Waals surface area contributed by atoms with Gasteiger partial charge in [-0.25, -0.2) is 0 Å². The number of anilines is 1. The molecule has 2 bridgehead atoms. The predicted molar refractivity (Wildman–Crippen MR) is 103 cm³/mol. The summed E-state index contributed by atoms with van der Waals surface area (Å²) in [5.74, 6) is -4.65. The summed E-state index contributed by atoms with van der Waals surface area (Å²) in [6, 6.07) is 6.16. The van der Waals surface area contributed by atoms with Crippen molar-refractivity contribution in [3.8, 4) is 0 Å². The molecule has 0 saturated carbocycles. The Hall–Kier alpha value is -3.20. The van der Waals surface area contributed by atoms with Crippen LogP contribution in [0.2, 0.25) is 0 Å². The van der Waals surface area contributed by atoms with E-state index in [1.165, 1.54) is 12.1 Å². The van der Waals surface area contributed by atoms with Crippen LogP contribution in [0.4, 0.5) is 5.69 Å². The van der Waals surface area contributed by atoms with Crippen molar-refractivity contribution in [1.29, 1.82) is 0 Å². The molecule has 3 amide bonds. The number of carboxylic acids is 1. The quantitative estimate of drug-likeness (QED) is 0.431. The van der Waals surface area contributed by atoms with Crippen molar-refractivity contribution in [2.24, 2.45) is 17.8 Å². The summed E-state index contributed by atoms with van der Waals surface area (Å²) in [4.78, 5) is 48.1. The van der Waals surface area contributed by atoms with E-state index < -0.39 is 41.3 Å². The Morgan fingerprint density at radius 1 is 1.10 bits per heavy atom. The van der Waals surface area contributed by atoms with Crippen LogP contribution in [0.15, 0.2) is 36.4 Å². The summed E-state index contributed by atoms with van der Waals surface area (Å²) in [6.45, 7) is 5.18. The minimum Gasteiger partial charge on any atom is -0.481 e. The lowest BCUT2D eigenvalue weighted by molar-refractivity contribution is -0.147. The fourth-order valence-electron chi connectivity index (χ4n) is 3.54. The normalized spacial score (nSPS) is 27.0. The fraction of sp³-hybridized carbons (Fsp3) is 0.400. The highest BCUT2D eigenvalue weighted by atomic mass is 16.5. The molecule has 0 unspecified atom stereocenters. The Kier molecular flexibility index (Phi) is 5.43. The van der Waals surface area contributed by atoms with Crippen molar-refractivity contribution in [3.05, 3.63) is 42.0 Å². The molecule has 4 N–H and O–H groups in total. The summed E-state index contributed by atoms with van der Waals surface area (Å²) in [5.41, 5.74) is 4.37. The first-order chi connectivity index (χ1) is 13.6. The van der Waals surface area contributed by atoms with Gasteiger partial charge in [0.15, 0.2) is 0 Å². The second-order valence-corrected chi connectivity index (χ2v) is 7.63. The van der Waals surface area contributed by atoms with Crippen molar-refractivity contribution < 1.29 is 29.0 Å². The summed E-state index contributed by atoms with van der Waals surface area (Å²) >= 11 is 0. The number of hydrogen-bond donors (Lipinski definition) is 4. The first kappa shape index (κ1) is 20.5. The number of carbonyl (C=O) groups excluding carboxylic acids is 3. The molecule has 0 spiro atoms. The number of benzene rings is 1. The highest BCUT2D eigenvalue weighted by Crippen LogP contribution is 2.46. The Morgan fingerprint density at radius 3 is 2.34 bits per heavy atom. The van der Waals surface area contributed by atoms with Crippen molar-refractivity contribution in [2.75, 3.05) is 5.32 Å². The molecule has 0 aromatic heterocycles. The summed E-state index contributed by atoms with van der Waals surface area (Å²) in [6.07, 6.45) is 2.64. The number of fused-ring (bicyclic) bond motifs is 2. The summed E-state index contributed by atoms with van der Waals surface area (Å²) < 4.78 is 5.62. The zero-order valence-corrected chi connectivity index (χ0v) is 16.3. The van der Waals surface area contributed by atoms with E-state index in [1.54, 1.807) is 45.1 Å². The topological polar surface area (TPSA) is 134 Å². The van der Waals surface area contributed by atoms with Crippen molar-refractivity contribution in [3.63, 3.8) is 0 Å². The van der Waals surface area contributed by atoms with Crippen molar-refractivity contribution >= 4 is 29.4 Å². The standard InChI is InChI=1S/C20H23N3O6/c1-10(2)16(24)21-12-6-4-11(5-7-12)17(25)22-23-18(26)15-14(19(27)28)13-8-9-20(15,3)29-13/h4-10,13-15H,1-3H3,(H,21,24)(H,22,25)(H,23,26)(H,27,28)/t13-,14-,15+,20-/m1/s1. The molecule has 0 radical (unpaired) electrons. The Balaban J connectivity index is 1.60. The smallest absolute Gasteiger partial charge is 0.310 e. The maximum atomic E-state index is 12.6. The number of rotatable bonds is 5. The molecule has 1 aromatic carbocycles. The van der Waals surface area contributed by atoms with Gasteiger partial charge in [-0.05, 0) is 31.2 Å². The molecular weight excluding hydrogens is 378 g/mol. The lowest BCUT2D eigenvalue weighted by Gasteiger charge is -2.27. The van der Waals surface area contributed by atoms with Gasteiger partial charge in [0.25, 0.3) is 5.91 Å². The highest BCUT2D eigenvalue weighted by molar-refractivity contribution is 5.97. The molecule has 1 fully saturated rings. The van der Waals surface area contributed by atoms with Gasteiger partial charge in [-0.15, -0.1) is 0 Å². The van der Waals surface area contributed by atoms with Crippen LogP contribution >= 0.6 is 0 Å². The van der Waals surface area contributed by atoms with E-state index in [-0.39, 0.29) is 17.4 Å². The average Bonchev–Trinajstić information content (AvgIpc) is 3.19. The average molecular weight is 401 g/mol. The molecule has 0 aliphatic carbocycles. The van der Waals surface area contributed by atoms with Gasteiger partial charge in [0.05, 0.1) is 17.6 Å². The van der Waals surface area contributed by atoms with Gasteiger partial charge in [-0.2, -0.15) is 0 Å². The third-order valence-electron chi connectivity index (χ3n) is 5.14. The molecule has 154 valence electrons. The van der Waals surface area contributed by atoms with Crippen LogP contribution in [0.5, 0.6) is 0 Å². The van der Waals surface area contributed by atoms with E-state index >= 15 is 0 Å². The van der Waals surface area contributed by atoms with Crippen LogP contribution in [0, 0.1) is 17.8 Å². The number of amides is 3. The van der Waals surface area contributed by atoms with Gasteiger partial charge < -0.3 is 15.2 Å². The van der Waals surface area contributed by atoms with Crippen LogP contribution in [0.3, 0.4) is 0 Å². The van der Waals surface area contributed by atoms with Gasteiger partial charge >= 0.3 is 5.97 Å². The number of hydrazine groups is 1. The van der Waals surface area contributed by atoms with E-state index in [4.69, 9.17) is 4.74 Å². The molecule has 3 rings (SSSR count). The number of carboxylic acid groups (broad SMARTS) is 1.